The third kappa shape index (κ3) is 3.51. The van der Waals surface area contributed by atoms with Gasteiger partial charge < -0.3 is 5.32 Å². The molecule has 2 aromatic rings. The van der Waals surface area contributed by atoms with Crippen LogP contribution < -0.4 is 5.32 Å². The van der Waals surface area contributed by atoms with Crippen LogP contribution in [0.3, 0.4) is 0 Å². The van der Waals surface area contributed by atoms with Crippen LogP contribution in [-0.2, 0) is 13.1 Å². The molecule has 1 unspecified atom stereocenters. The van der Waals surface area contributed by atoms with Crippen molar-refractivity contribution in [2.45, 2.75) is 39.9 Å². The van der Waals surface area contributed by atoms with Gasteiger partial charge in [-0.25, -0.2) is 0 Å². The summed E-state index contributed by atoms with van der Waals surface area (Å²) in [6, 6.07) is 8.69. The van der Waals surface area contributed by atoms with Gasteiger partial charge in [-0.05, 0) is 54.4 Å². The van der Waals surface area contributed by atoms with E-state index < -0.39 is 0 Å². The standard InChI is InChI=1S/C15H19Br2N3/c1-4-20-14(15(17)11(3)19-20)9-18-10(2)12-6-5-7-13(16)8-12/h5-8,10,18H,4,9H2,1-3H3. The molecule has 0 aliphatic heterocycles. The van der Waals surface area contributed by atoms with Crippen LogP contribution in [0.2, 0.25) is 0 Å². The van der Waals surface area contributed by atoms with Crippen molar-refractivity contribution in [1.29, 1.82) is 0 Å². The van der Waals surface area contributed by atoms with Gasteiger partial charge in [0, 0.05) is 23.6 Å². The second-order valence-corrected chi connectivity index (χ2v) is 6.53. The molecule has 0 aliphatic rings. The van der Waals surface area contributed by atoms with E-state index in [1.807, 2.05) is 17.7 Å². The van der Waals surface area contributed by atoms with Gasteiger partial charge in [-0.1, -0.05) is 28.1 Å². The Labute approximate surface area is 137 Å². The van der Waals surface area contributed by atoms with Crippen LogP contribution in [0.25, 0.3) is 0 Å². The van der Waals surface area contributed by atoms with E-state index in [0.717, 1.165) is 27.7 Å². The summed E-state index contributed by atoms with van der Waals surface area (Å²) in [5, 5.41) is 8.08. The molecule has 1 aromatic heterocycles. The normalized spacial score (nSPS) is 12.7. The van der Waals surface area contributed by atoms with Crippen molar-refractivity contribution in [2.75, 3.05) is 0 Å². The smallest absolute Gasteiger partial charge is 0.0739 e. The molecule has 1 aromatic carbocycles. The van der Waals surface area contributed by atoms with Crippen LogP contribution in [0, 0.1) is 6.92 Å². The van der Waals surface area contributed by atoms with Crippen molar-refractivity contribution in [2.24, 2.45) is 0 Å². The highest BCUT2D eigenvalue weighted by molar-refractivity contribution is 9.10. The fraction of sp³-hybridized carbons (Fsp3) is 0.400. The molecule has 0 bridgehead atoms. The fourth-order valence-corrected chi connectivity index (χ4v) is 3.02. The quantitative estimate of drug-likeness (QED) is 0.795. The van der Waals surface area contributed by atoms with Gasteiger partial charge in [-0.3, -0.25) is 4.68 Å². The predicted octanol–water partition coefficient (Wildman–Crippen LogP) is 4.59. The van der Waals surface area contributed by atoms with E-state index in [4.69, 9.17) is 0 Å². The zero-order valence-electron chi connectivity index (χ0n) is 12.0. The van der Waals surface area contributed by atoms with E-state index in [0.29, 0.717) is 6.04 Å². The first kappa shape index (κ1) is 15.7. The highest BCUT2D eigenvalue weighted by atomic mass is 79.9. The monoisotopic (exact) mass is 399 g/mol. The lowest BCUT2D eigenvalue weighted by Gasteiger charge is -2.15. The lowest BCUT2D eigenvalue weighted by molar-refractivity contribution is 0.530. The van der Waals surface area contributed by atoms with Crippen molar-refractivity contribution in [1.82, 2.24) is 15.1 Å². The Kier molecular flexibility index (Phi) is 5.41. The maximum atomic E-state index is 4.52. The van der Waals surface area contributed by atoms with Gasteiger partial charge in [0.25, 0.3) is 0 Å². The number of aromatic nitrogens is 2. The average Bonchev–Trinajstić information content (AvgIpc) is 2.71. The van der Waals surface area contributed by atoms with Crippen LogP contribution in [0.15, 0.2) is 33.2 Å². The molecule has 0 amide bonds. The molecular weight excluding hydrogens is 382 g/mol. The van der Waals surface area contributed by atoms with Crippen LogP contribution in [0.4, 0.5) is 0 Å². The van der Waals surface area contributed by atoms with Crippen molar-refractivity contribution in [3.63, 3.8) is 0 Å². The Hall–Kier alpha value is -0.650. The number of halogens is 2. The van der Waals surface area contributed by atoms with Gasteiger partial charge in [0.15, 0.2) is 0 Å². The minimum atomic E-state index is 0.292. The third-order valence-corrected chi connectivity index (χ3v) is 4.90. The van der Waals surface area contributed by atoms with E-state index in [9.17, 15) is 0 Å². The van der Waals surface area contributed by atoms with E-state index in [1.54, 1.807) is 0 Å². The summed E-state index contributed by atoms with van der Waals surface area (Å²) in [4.78, 5) is 0. The number of aryl methyl sites for hydroxylation is 2. The highest BCUT2D eigenvalue weighted by Gasteiger charge is 2.13. The molecule has 108 valence electrons. The number of hydrogen-bond acceptors (Lipinski definition) is 2. The van der Waals surface area contributed by atoms with Crippen LogP contribution in [0.1, 0.15) is 36.8 Å². The zero-order chi connectivity index (χ0) is 14.7. The van der Waals surface area contributed by atoms with Gasteiger partial charge >= 0.3 is 0 Å². The minimum Gasteiger partial charge on any atom is -0.305 e. The number of nitrogens with one attached hydrogen (secondary N) is 1. The first-order chi connectivity index (χ1) is 9.52. The van der Waals surface area contributed by atoms with E-state index in [1.165, 1.54) is 11.3 Å². The SMILES string of the molecule is CCn1nc(C)c(Br)c1CNC(C)c1cccc(Br)c1. The maximum absolute atomic E-state index is 4.52. The average molecular weight is 401 g/mol. The summed E-state index contributed by atoms with van der Waals surface area (Å²) in [7, 11) is 0. The van der Waals surface area contributed by atoms with Crippen molar-refractivity contribution < 1.29 is 0 Å². The molecule has 0 fully saturated rings. The molecular formula is C15H19Br2N3. The molecule has 1 N–H and O–H groups in total. The second-order valence-electron chi connectivity index (χ2n) is 4.82. The lowest BCUT2D eigenvalue weighted by atomic mass is 10.1. The first-order valence-electron chi connectivity index (χ1n) is 6.73. The molecule has 0 saturated heterocycles. The fourth-order valence-electron chi connectivity index (χ4n) is 2.18. The minimum absolute atomic E-state index is 0.292. The Morgan fingerprint density at radius 3 is 2.75 bits per heavy atom. The van der Waals surface area contributed by atoms with Gasteiger partial charge in [0.05, 0.1) is 15.9 Å². The van der Waals surface area contributed by atoms with Crippen LogP contribution in [0.5, 0.6) is 0 Å². The summed E-state index contributed by atoms with van der Waals surface area (Å²) in [5.74, 6) is 0. The Morgan fingerprint density at radius 1 is 1.35 bits per heavy atom. The molecule has 20 heavy (non-hydrogen) atoms. The van der Waals surface area contributed by atoms with E-state index in [2.05, 4.69) is 74.3 Å². The van der Waals surface area contributed by atoms with E-state index in [-0.39, 0.29) is 0 Å². The maximum Gasteiger partial charge on any atom is 0.0739 e. The molecule has 5 heteroatoms. The largest absolute Gasteiger partial charge is 0.305 e. The zero-order valence-corrected chi connectivity index (χ0v) is 15.1. The van der Waals surface area contributed by atoms with E-state index >= 15 is 0 Å². The van der Waals surface area contributed by atoms with Gasteiger partial charge in [0.1, 0.15) is 0 Å². The van der Waals surface area contributed by atoms with Crippen molar-refractivity contribution in [3.8, 4) is 0 Å². The first-order valence-corrected chi connectivity index (χ1v) is 8.32. The molecule has 0 saturated carbocycles. The molecule has 3 nitrogen and oxygen atoms in total. The molecule has 2 rings (SSSR count). The van der Waals surface area contributed by atoms with Crippen molar-refractivity contribution in [3.05, 3.63) is 50.2 Å². The predicted molar refractivity (Wildman–Crippen MR) is 89.7 cm³/mol. The molecule has 0 spiro atoms. The molecule has 0 aliphatic carbocycles. The van der Waals surface area contributed by atoms with Gasteiger partial charge in [0.2, 0.25) is 0 Å². The summed E-state index contributed by atoms with van der Waals surface area (Å²) < 4.78 is 4.26. The summed E-state index contributed by atoms with van der Waals surface area (Å²) in [6.07, 6.45) is 0. The number of rotatable bonds is 5. The Morgan fingerprint density at radius 2 is 2.10 bits per heavy atom. The number of nitrogens with zero attached hydrogens (tertiary/aromatic N) is 2. The summed E-state index contributed by atoms with van der Waals surface area (Å²) in [6.45, 7) is 7.99. The van der Waals surface area contributed by atoms with Gasteiger partial charge in [-0.2, -0.15) is 5.10 Å². The number of hydrogen-bond donors (Lipinski definition) is 1. The summed E-state index contributed by atoms with van der Waals surface area (Å²) in [5.41, 5.74) is 3.51. The Balaban J connectivity index is 2.09. The van der Waals surface area contributed by atoms with Gasteiger partial charge in [-0.15, -0.1) is 0 Å². The number of benzene rings is 1. The molecule has 1 heterocycles. The highest BCUT2D eigenvalue weighted by Crippen LogP contribution is 2.23. The summed E-state index contributed by atoms with van der Waals surface area (Å²) >= 11 is 7.14. The Bertz CT molecular complexity index is 593. The molecule has 1 atom stereocenters. The van der Waals surface area contributed by atoms with Crippen LogP contribution >= 0.6 is 31.9 Å². The lowest BCUT2D eigenvalue weighted by Crippen LogP contribution is -2.20. The van der Waals surface area contributed by atoms with Crippen molar-refractivity contribution >= 4 is 31.9 Å². The third-order valence-electron chi connectivity index (χ3n) is 3.38. The van der Waals surface area contributed by atoms with Crippen LogP contribution in [-0.4, -0.2) is 9.78 Å². The second kappa shape index (κ2) is 6.87. The molecule has 0 radical (unpaired) electrons. The topological polar surface area (TPSA) is 29.9 Å².